The largest absolute Gasteiger partial charge is 0.472 e. The summed E-state index contributed by atoms with van der Waals surface area (Å²) >= 11 is 0. The Morgan fingerprint density at radius 1 is 0.540 bits per heavy atom. The second kappa shape index (κ2) is 28.4. The van der Waals surface area contributed by atoms with Crippen LogP contribution in [0.4, 0.5) is 0 Å². The highest BCUT2D eigenvalue weighted by molar-refractivity contribution is 7.47. The van der Waals surface area contributed by atoms with Crippen LogP contribution in [0.1, 0.15) is 162 Å². The lowest BCUT2D eigenvalue weighted by atomic mass is 9.85. The third-order valence-electron chi connectivity index (χ3n) is 9.20. The van der Waals surface area contributed by atoms with Gasteiger partial charge in [0.05, 0.1) is 6.61 Å². The summed E-state index contributed by atoms with van der Waals surface area (Å²) in [5.41, 5.74) is 0. The van der Waals surface area contributed by atoms with Gasteiger partial charge in [-0.25, -0.2) is 4.57 Å². The van der Waals surface area contributed by atoms with Gasteiger partial charge in [-0.05, 0) is 12.8 Å². The number of hydrogen-bond donors (Lipinski definition) is 6. The first-order valence-corrected chi connectivity index (χ1v) is 20.8. The molecule has 6 N–H and O–H groups in total. The molecule has 1 aliphatic carbocycles. The van der Waals surface area contributed by atoms with E-state index < -0.39 is 75.7 Å². The van der Waals surface area contributed by atoms with Crippen LogP contribution in [0, 0.1) is 0 Å². The van der Waals surface area contributed by atoms with E-state index in [9.17, 15) is 44.6 Å². The van der Waals surface area contributed by atoms with Crippen LogP contribution in [0.15, 0.2) is 0 Å². The van der Waals surface area contributed by atoms with E-state index in [1.54, 1.807) is 0 Å². The molecule has 13 nitrogen and oxygen atoms in total. The maximum atomic E-state index is 12.6. The maximum absolute atomic E-state index is 12.6. The van der Waals surface area contributed by atoms with Crippen LogP contribution in [-0.2, 0) is 32.7 Å². The van der Waals surface area contributed by atoms with Crippen LogP contribution in [0.25, 0.3) is 0 Å². The zero-order chi connectivity index (χ0) is 37.2. The minimum atomic E-state index is -5.08. The Morgan fingerprint density at radius 2 is 0.920 bits per heavy atom. The number of ether oxygens (including phenoxy) is 2. The second-order valence-electron chi connectivity index (χ2n) is 13.8. The van der Waals surface area contributed by atoms with E-state index in [0.717, 1.165) is 25.7 Å². The number of phosphoric ester groups is 1. The van der Waals surface area contributed by atoms with E-state index in [4.69, 9.17) is 18.5 Å². The molecule has 0 amide bonds. The summed E-state index contributed by atoms with van der Waals surface area (Å²) in [7, 11) is -5.08. The Bertz CT molecular complexity index is 906. The molecule has 0 heterocycles. The summed E-state index contributed by atoms with van der Waals surface area (Å²) in [5.74, 6) is -1.13. The van der Waals surface area contributed by atoms with Crippen LogP contribution < -0.4 is 0 Å². The van der Waals surface area contributed by atoms with Crippen molar-refractivity contribution in [1.29, 1.82) is 0 Å². The molecule has 1 aliphatic rings. The molecule has 0 bridgehead atoms. The van der Waals surface area contributed by atoms with E-state index in [0.29, 0.717) is 12.8 Å². The molecule has 0 aliphatic heterocycles. The lowest BCUT2D eigenvalue weighted by Gasteiger charge is -2.41. The van der Waals surface area contributed by atoms with Crippen molar-refractivity contribution in [2.45, 2.75) is 204 Å². The first kappa shape index (κ1) is 46.9. The van der Waals surface area contributed by atoms with E-state index >= 15 is 0 Å². The molecule has 1 saturated carbocycles. The summed E-state index contributed by atoms with van der Waals surface area (Å²) in [6.45, 7) is 2.99. The number of carbonyl (C=O) groups excluding carboxylic acids is 2. The van der Waals surface area contributed by atoms with Crippen LogP contribution in [0.3, 0.4) is 0 Å². The van der Waals surface area contributed by atoms with Crippen molar-refractivity contribution in [2.24, 2.45) is 0 Å². The van der Waals surface area contributed by atoms with Gasteiger partial charge in [0.2, 0.25) is 0 Å². The van der Waals surface area contributed by atoms with Gasteiger partial charge in [-0.1, -0.05) is 136 Å². The minimum absolute atomic E-state index is 0.102. The highest BCUT2D eigenvalue weighted by Gasteiger charge is 2.51. The fraction of sp³-hybridized carbons (Fsp3) is 0.944. The van der Waals surface area contributed by atoms with Gasteiger partial charge in [0.25, 0.3) is 0 Å². The number of hydrogen-bond acceptors (Lipinski definition) is 12. The minimum Gasteiger partial charge on any atom is -0.462 e. The van der Waals surface area contributed by atoms with Gasteiger partial charge in [0, 0.05) is 12.8 Å². The molecule has 0 saturated heterocycles. The van der Waals surface area contributed by atoms with Gasteiger partial charge >= 0.3 is 19.8 Å². The Balaban J connectivity index is 2.31. The summed E-state index contributed by atoms with van der Waals surface area (Å²) < 4.78 is 32.9. The summed E-state index contributed by atoms with van der Waals surface area (Å²) in [6.07, 6.45) is 11.9. The average molecular weight is 741 g/mol. The Morgan fingerprint density at radius 3 is 1.36 bits per heavy atom. The lowest BCUT2D eigenvalue weighted by molar-refractivity contribution is -0.220. The van der Waals surface area contributed by atoms with E-state index in [1.807, 2.05) is 6.92 Å². The Labute approximate surface area is 300 Å². The third kappa shape index (κ3) is 21.4. The molecule has 0 aromatic carbocycles. The highest BCUT2D eigenvalue weighted by atomic mass is 31.2. The number of rotatable bonds is 31. The number of unbranched alkanes of at least 4 members (excludes halogenated alkanes) is 19. The average Bonchev–Trinajstić information content (AvgIpc) is 3.09. The lowest BCUT2D eigenvalue weighted by Crippen LogP contribution is -2.64. The standard InChI is InChI=1S/C36H69O13P/c1-3-5-7-8-9-10-11-12-13-14-15-16-17-18-19-20-21-22-23-25-30(38)48-28(26-46-29(37)24-6-4-2)27-47-50(44,45)49-36-34(42)32(40)31(39)33(41)35(36)43/h28,31-36,39-43H,3-27H2,1-2H3,(H,44,45). The Hall–Kier alpha value is -1.15. The van der Waals surface area contributed by atoms with Gasteiger partial charge in [-0.3, -0.25) is 18.6 Å². The maximum Gasteiger partial charge on any atom is 0.472 e. The molecular weight excluding hydrogens is 671 g/mol. The first-order valence-electron chi connectivity index (χ1n) is 19.3. The number of aliphatic hydroxyl groups is 5. The molecule has 0 spiro atoms. The molecule has 0 aromatic heterocycles. The van der Waals surface area contributed by atoms with Crippen LogP contribution in [0.5, 0.6) is 0 Å². The normalized spacial score (nSPS) is 24.1. The fourth-order valence-corrected chi connectivity index (χ4v) is 6.94. The highest BCUT2D eigenvalue weighted by Crippen LogP contribution is 2.47. The Kier molecular flexibility index (Phi) is 26.6. The van der Waals surface area contributed by atoms with Crippen LogP contribution in [-0.4, -0.2) is 98.3 Å². The fourth-order valence-electron chi connectivity index (χ4n) is 5.97. The molecule has 6 atom stereocenters. The zero-order valence-electron chi connectivity index (χ0n) is 30.7. The van der Waals surface area contributed by atoms with Crippen molar-refractivity contribution < 1.29 is 63.1 Å². The smallest absolute Gasteiger partial charge is 0.462 e. The van der Waals surface area contributed by atoms with E-state index in [1.165, 1.54) is 96.3 Å². The summed E-state index contributed by atoms with van der Waals surface area (Å²) in [5, 5.41) is 49.6. The number of carbonyl (C=O) groups is 2. The van der Waals surface area contributed by atoms with E-state index in [-0.39, 0.29) is 12.8 Å². The van der Waals surface area contributed by atoms with Crippen molar-refractivity contribution in [3.05, 3.63) is 0 Å². The van der Waals surface area contributed by atoms with Gasteiger partial charge in [0.1, 0.15) is 43.2 Å². The molecule has 14 heteroatoms. The number of esters is 2. The molecule has 0 aromatic rings. The molecule has 296 valence electrons. The molecule has 0 radical (unpaired) electrons. The van der Waals surface area contributed by atoms with Gasteiger partial charge in [-0.2, -0.15) is 0 Å². The third-order valence-corrected chi connectivity index (χ3v) is 10.2. The number of phosphoric acid groups is 1. The van der Waals surface area contributed by atoms with Gasteiger partial charge in [0.15, 0.2) is 6.10 Å². The quantitative estimate of drug-likeness (QED) is 0.0284. The molecular formula is C36H69O13P. The SMILES string of the molecule is CCCCCCCCCCCCCCCCCCCCCC(=O)OC(COC(=O)CCCC)COP(=O)(O)OC1C(O)C(O)C(O)C(O)C1O. The van der Waals surface area contributed by atoms with Crippen molar-refractivity contribution in [3.8, 4) is 0 Å². The van der Waals surface area contributed by atoms with Crippen molar-refractivity contribution in [1.82, 2.24) is 0 Å². The predicted octanol–water partition coefficient (Wildman–Crippen LogP) is 5.77. The topological polar surface area (TPSA) is 210 Å². The first-order chi connectivity index (χ1) is 23.9. The molecule has 1 rings (SSSR count). The van der Waals surface area contributed by atoms with Crippen molar-refractivity contribution >= 4 is 19.8 Å². The van der Waals surface area contributed by atoms with Crippen LogP contribution >= 0.6 is 7.82 Å². The predicted molar refractivity (Wildman–Crippen MR) is 189 cm³/mol. The monoisotopic (exact) mass is 740 g/mol. The summed E-state index contributed by atoms with van der Waals surface area (Å²) in [6, 6.07) is 0. The van der Waals surface area contributed by atoms with Gasteiger partial charge < -0.3 is 39.9 Å². The van der Waals surface area contributed by atoms with E-state index in [2.05, 4.69) is 6.92 Å². The molecule has 1 fully saturated rings. The molecule has 6 unspecified atom stereocenters. The van der Waals surface area contributed by atoms with Crippen LogP contribution in [0.2, 0.25) is 0 Å². The molecule has 50 heavy (non-hydrogen) atoms. The van der Waals surface area contributed by atoms with Crippen molar-refractivity contribution in [3.63, 3.8) is 0 Å². The number of aliphatic hydroxyl groups excluding tert-OH is 5. The van der Waals surface area contributed by atoms with Crippen molar-refractivity contribution in [2.75, 3.05) is 13.2 Å². The summed E-state index contributed by atoms with van der Waals surface area (Å²) in [4.78, 5) is 34.8. The second-order valence-corrected chi connectivity index (χ2v) is 15.2. The zero-order valence-corrected chi connectivity index (χ0v) is 31.6. The van der Waals surface area contributed by atoms with Gasteiger partial charge in [-0.15, -0.1) is 0 Å².